The van der Waals surface area contributed by atoms with Crippen molar-refractivity contribution in [2.45, 2.75) is 0 Å². The zero-order valence-corrected chi connectivity index (χ0v) is 10.2. The van der Waals surface area contributed by atoms with Crippen LogP contribution in [0.1, 0.15) is 0 Å². The van der Waals surface area contributed by atoms with Crippen molar-refractivity contribution in [1.82, 2.24) is 4.98 Å². The Kier molecular flexibility index (Phi) is 2.96. The molecule has 2 rings (SSSR count). The minimum atomic E-state index is -0.886. The van der Waals surface area contributed by atoms with Crippen LogP contribution in [-0.2, 0) is 0 Å². The smallest absolute Gasteiger partial charge is 0.258 e. The van der Waals surface area contributed by atoms with Crippen LogP contribution < -0.4 is 0 Å². The fourth-order valence-electron chi connectivity index (χ4n) is 1.35. The molecular weight excluding hydrogens is 321 g/mol. The fraction of sp³-hybridized carbons (Fsp3) is 0. The van der Waals surface area contributed by atoms with Crippen LogP contribution in [0.3, 0.4) is 0 Å². The number of pyridine rings is 1. The number of fused-ring (bicyclic) bond motifs is 1. The van der Waals surface area contributed by atoms with Gasteiger partial charge in [0.2, 0.25) is 0 Å². The molecule has 0 radical (unpaired) electrons. The van der Waals surface area contributed by atoms with Gasteiger partial charge in [-0.2, -0.15) is 0 Å². The predicted octanol–water partition coefficient (Wildman–Crippen LogP) is 3.84. The van der Waals surface area contributed by atoms with Crippen LogP contribution in [0.2, 0.25) is 5.02 Å². The summed E-state index contributed by atoms with van der Waals surface area (Å²) in [7, 11) is 0. The summed E-state index contributed by atoms with van der Waals surface area (Å²) in [6, 6.07) is 0.882. The number of nitro groups is 1. The summed E-state index contributed by atoms with van der Waals surface area (Å²) in [6.07, 6.45) is 0.793. The Balaban J connectivity index is 2.98. The van der Waals surface area contributed by atoms with Gasteiger partial charge < -0.3 is 0 Å². The number of rotatable bonds is 1. The number of halogens is 4. The number of nitrogens with zero attached hydrogens (tertiary/aromatic N) is 2. The van der Waals surface area contributed by atoms with Gasteiger partial charge in [-0.05, 0) is 22.0 Å². The standard InChI is InChI=1S/C9H2BrClF2N2O2/c10-3-1-4(12)9-6(8(3)13)7(11)5(2-14-9)15(16)17/h1-2H. The van der Waals surface area contributed by atoms with E-state index in [1.807, 2.05) is 0 Å². The third-order valence-electron chi connectivity index (χ3n) is 2.10. The highest BCUT2D eigenvalue weighted by Gasteiger charge is 2.22. The lowest BCUT2D eigenvalue weighted by atomic mass is 10.2. The molecule has 0 bridgehead atoms. The molecular formula is C9H2BrClF2N2O2. The van der Waals surface area contributed by atoms with Gasteiger partial charge in [0.15, 0.2) is 5.82 Å². The van der Waals surface area contributed by atoms with E-state index in [4.69, 9.17) is 11.6 Å². The Bertz CT molecular complexity index is 651. The average Bonchev–Trinajstić information content (AvgIpc) is 2.25. The fourth-order valence-corrected chi connectivity index (χ4v) is 2.04. The van der Waals surface area contributed by atoms with Crippen molar-refractivity contribution in [1.29, 1.82) is 0 Å². The van der Waals surface area contributed by atoms with Crippen molar-refractivity contribution in [3.8, 4) is 0 Å². The monoisotopic (exact) mass is 322 g/mol. The first kappa shape index (κ1) is 12.1. The van der Waals surface area contributed by atoms with E-state index >= 15 is 0 Å². The molecule has 1 aromatic carbocycles. The Hall–Kier alpha value is -1.34. The molecule has 0 aliphatic heterocycles. The van der Waals surface area contributed by atoms with E-state index in [1.54, 1.807) is 0 Å². The molecule has 4 nitrogen and oxygen atoms in total. The molecule has 8 heteroatoms. The molecule has 0 saturated carbocycles. The van der Waals surface area contributed by atoms with Gasteiger partial charge in [-0.1, -0.05) is 11.6 Å². The highest BCUT2D eigenvalue weighted by Crippen LogP contribution is 2.36. The van der Waals surface area contributed by atoms with Crippen LogP contribution in [0, 0.1) is 21.7 Å². The van der Waals surface area contributed by atoms with E-state index in [2.05, 4.69) is 20.9 Å². The summed E-state index contributed by atoms with van der Waals surface area (Å²) in [4.78, 5) is 13.3. The molecule has 0 fully saturated rings. The first-order chi connectivity index (χ1) is 7.93. The largest absolute Gasteiger partial charge is 0.306 e. The maximum Gasteiger partial charge on any atom is 0.306 e. The zero-order valence-electron chi connectivity index (χ0n) is 7.88. The van der Waals surface area contributed by atoms with E-state index in [0.717, 1.165) is 12.3 Å². The number of aromatic nitrogens is 1. The van der Waals surface area contributed by atoms with Crippen LogP contribution in [-0.4, -0.2) is 9.91 Å². The maximum atomic E-state index is 13.7. The minimum Gasteiger partial charge on any atom is -0.258 e. The Morgan fingerprint density at radius 2 is 2.12 bits per heavy atom. The Labute approximate surface area is 106 Å². The van der Waals surface area contributed by atoms with E-state index < -0.39 is 32.7 Å². The van der Waals surface area contributed by atoms with Crippen LogP contribution in [0.15, 0.2) is 16.7 Å². The predicted molar refractivity (Wildman–Crippen MR) is 61.0 cm³/mol. The van der Waals surface area contributed by atoms with Crippen molar-refractivity contribution in [3.63, 3.8) is 0 Å². The minimum absolute atomic E-state index is 0.174. The molecule has 0 amide bonds. The second-order valence-corrected chi connectivity index (χ2v) is 4.32. The topological polar surface area (TPSA) is 56.0 Å². The van der Waals surface area contributed by atoms with Crippen molar-refractivity contribution in [2.75, 3.05) is 0 Å². The van der Waals surface area contributed by atoms with E-state index in [-0.39, 0.29) is 9.99 Å². The molecule has 0 aliphatic carbocycles. The lowest BCUT2D eigenvalue weighted by molar-refractivity contribution is -0.384. The second kappa shape index (κ2) is 4.15. The van der Waals surface area contributed by atoms with Gasteiger partial charge in [-0.25, -0.2) is 13.8 Å². The summed E-state index contributed by atoms with van der Waals surface area (Å²) < 4.78 is 27.0. The molecule has 1 heterocycles. The van der Waals surface area contributed by atoms with Gasteiger partial charge in [-0.15, -0.1) is 0 Å². The van der Waals surface area contributed by atoms with E-state index in [0.29, 0.717) is 0 Å². The van der Waals surface area contributed by atoms with Gasteiger partial charge in [0, 0.05) is 0 Å². The van der Waals surface area contributed by atoms with Gasteiger partial charge in [0.1, 0.15) is 22.6 Å². The number of hydrogen-bond donors (Lipinski definition) is 0. The highest BCUT2D eigenvalue weighted by molar-refractivity contribution is 9.10. The third kappa shape index (κ3) is 1.85. The van der Waals surface area contributed by atoms with Crippen LogP contribution in [0.5, 0.6) is 0 Å². The summed E-state index contributed by atoms with van der Waals surface area (Å²) in [5, 5.41) is 9.72. The summed E-state index contributed by atoms with van der Waals surface area (Å²) >= 11 is 8.47. The lowest BCUT2D eigenvalue weighted by Crippen LogP contribution is -1.96. The molecule has 0 unspecified atom stereocenters. The average molecular weight is 323 g/mol. The first-order valence-electron chi connectivity index (χ1n) is 4.19. The molecule has 0 N–H and O–H groups in total. The maximum absolute atomic E-state index is 13.7. The van der Waals surface area contributed by atoms with Crippen molar-refractivity contribution in [3.05, 3.63) is 43.5 Å². The second-order valence-electron chi connectivity index (χ2n) is 3.09. The van der Waals surface area contributed by atoms with Crippen molar-refractivity contribution >= 4 is 44.1 Å². The van der Waals surface area contributed by atoms with E-state index in [1.165, 1.54) is 0 Å². The highest BCUT2D eigenvalue weighted by atomic mass is 79.9. The van der Waals surface area contributed by atoms with Crippen LogP contribution in [0.4, 0.5) is 14.5 Å². The zero-order chi connectivity index (χ0) is 12.7. The molecule has 2 aromatic rings. The van der Waals surface area contributed by atoms with Crippen molar-refractivity contribution in [2.24, 2.45) is 0 Å². The number of hydrogen-bond acceptors (Lipinski definition) is 3. The molecule has 0 atom stereocenters. The summed E-state index contributed by atoms with van der Waals surface area (Å²) in [5.74, 6) is -1.70. The Morgan fingerprint density at radius 3 is 2.71 bits per heavy atom. The van der Waals surface area contributed by atoms with Crippen LogP contribution in [0.25, 0.3) is 10.9 Å². The first-order valence-corrected chi connectivity index (χ1v) is 5.36. The summed E-state index contributed by atoms with van der Waals surface area (Å²) in [5.41, 5.74) is -0.920. The molecule has 88 valence electrons. The Morgan fingerprint density at radius 1 is 1.47 bits per heavy atom. The van der Waals surface area contributed by atoms with Gasteiger partial charge in [-0.3, -0.25) is 10.1 Å². The summed E-state index contributed by atoms with van der Waals surface area (Å²) in [6.45, 7) is 0. The molecule has 0 saturated heterocycles. The quantitative estimate of drug-likeness (QED) is 0.455. The molecule has 0 aliphatic rings. The SMILES string of the molecule is O=[N+]([O-])c1cnc2c(F)cc(Br)c(F)c2c1Cl. The van der Waals surface area contributed by atoms with Gasteiger partial charge >= 0.3 is 5.69 Å². The molecule has 0 spiro atoms. The normalized spacial score (nSPS) is 10.8. The molecule has 17 heavy (non-hydrogen) atoms. The van der Waals surface area contributed by atoms with Gasteiger partial charge in [0.05, 0.1) is 14.8 Å². The van der Waals surface area contributed by atoms with Crippen molar-refractivity contribution < 1.29 is 13.7 Å². The number of benzene rings is 1. The van der Waals surface area contributed by atoms with Gasteiger partial charge in [0.25, 0.3) is 0 Å². The van der Waals surface area contributed by atoms with Crippen LogP contribution >= 0.6 is 27.5 Å². The third-order valence-corrected chi connectivity index (χ3v) is 3.06. The van der Waals surface area contributed by atoms with E-state index in [9.17, 15) is 18.9 Å². The molecule has 1 aromatic heterocycles. The lowest BCUT2D eigenvalue weighted by Gasteiger charge is -2.04.